The van der Waals surface area contributed by atoms with Gasteiger partial charge in [0.25, 0.3) is 0 Å². The van der Waals surface area contributed by atoms with E-state index >= 15 is 0 Å². The summed E-state index contributed by atoms with van der Waals surface area (Å²) in [5.41, 5.74) is 0.420. The minimum atomic E-state index is -1.22. The van der Waals surface area contributed by atoms with Crippen molar-refractivity contribution in [3.05, 3.63) is 22.4 Å². The standard InChI is InChI=1S/C8H4BrFN2O2S/c9-3-1-2-4(10)6-5(3)11-7(15-6)12-8(13)14/h1-2H,(H,11,12)(H,13,14). The first-order valence-electron chi connectivity index (χ1n) is 3.82. The lowest BCUT2D eigenvalue weighted by Crippen LogP contribution is -2.06. The monoisotopic (exact) mass is 290 g/mol. The van der Waals surface area contributed by atoms with Crippen LogP contribution in [0.2, 0.25) is 0 Å². The molecular formula is C8H4BrFN2O2S. The van der Waals surface area contributed by atoms with E-state index in [0.717, 1.165) is 11.3 Å². The molecule has 1 heterocycles. The second kappa shape index (κ2) is 3.74. The molecule has 0 saturated carbocycles. The van der Waals surface area contributed by atoms with Crippen molar-refractivity contribution in [3.63, 3.8) is 0 Å². The number of nitrogens with one attached hydrogen (secondary N) is 1. The summed E-state index contributed by atoms with van der Waals surface area (Å²) in [5, 5.41) is 10.7. The third kappa shape index (κ3) is 1.93. The van der Waals surface area contributed by atoms with Gasteiger partial charge in [-0.2, -0.15) is 0 Å². The van der Waals surface area contributed by atoms with Gasteiger partial charge >= 0.3 is 6.09 Å². The topological polar surface area (TPSA) is 62.2 Å². The molecule has 0 spiro atoms. The summed E-state index contributed by atoms with van der Waals surface area (Å²) in [5.74, 6) is -0.413. The molecule has 0 bridgehead atoms. The maximum absolute atomic E-state index is 13.3. The smallest absolute Gasteiger partial charge is 0.410 e. The van der Waals surface area contributed by atoms with Gasteiger partial charge in [0.2, 0.25) is 0 Å². The molecule has 0 aliphatic rings. The number of carbonyl (C=O) groups is 1. The van der Waals surface area contributed by atoms with Crippen molar-refractivity contribution in [2.45, 2.75) is 0 Å². The Hall–Kier alpha value is -1.21. The Bertz CT molecular complexity index is 504. The molecule has 0 radical (unpaired) electrons. The molecule has 0 unspecified atom stereocenters. The van der Waals surface area contributed by atoms with Gasteiger partial charge in [0.15, 0.2) is 5.13 Å². The molecule has 15 heavy (non-hydrogen) atoms. The van der Waals surface area contributed by atoms with Crippen molar-refractivity contribution in [1.82, 2.24) is 4.98 Å². The predicted octanol–water partition coefficient (Wildman–Crippen LogP) is 3.29. The Morgan fingerprint density at radius 2 is 2.33 bits per heavy atom. The van der Waals surface area contributed by atoms with Crippen molar-refractivity contribution >= 4 is 48.7 Å². The number of fused-ring (bicyclic) bond motifs is 1. The van der Waals surface area contributed by atoms with Gasteiger partial charge in [-0.05, 0) is 28.1 Å². The number of amides is 1. The molecular weight excluding hydrogens is 287 g/mol. The number of thiazole rings is 1. The summed E-state index contributed by atoms with van der Waals surface area (Å²) in [6, 6.07) is 2.83. The van der Waals surface area contributed by atoms with E-state index in [1.807, 2.05) is 0 Å². The summed E-state index contributed by atoms with van der Waals surface area (Å²) in [6.07, 6.45) is -1.22. The number of anilines is 1. The van der Waals surface area contributed by atoms with Crippen molar-refractivity contribution in [2.24, 2.45) is 0 Å². The van der Waals surface area contributed by atoms with Crippen LogP contribution in [0.4, 0.5) is 14.3 Å². The number of hydrogen-bond acceptors (Lipinski definition) is 3. The Balaban J connectivity index is 2.59. The lowest BCUT2D eigenvalue weighted by molar-refractivity contribution is 0.210. The highest BCUT2D eigenvalue weighted by molar-refractivity contribution is 9.10. The first-order chi connectivity index (χ1) is 7.08. The van der Waals surface area contributed by atoms with Crippen molar-refractivity contribution < 1.29 is 14.3 Å². The molecule has 1 aromatic carbocycles. The molecule has 0 saturated heterocycles. The number of rotatable bonds is 1. The van der Waals surface area contributed by atoms with Crippen LogP contribution in [0.25, 0.3) is 10.2 Å². The zero-order chi connectivity index (χ0) is 11.0. The van der Waals surface area contributed by atoms with E-state index in [9.17, 15) is 9.18 Å². The third-order valence-corrected chi connectivity index (χ3v) is 3.28. The third-order valence-electron chi connectivity index (χ3n) is 1.66. The molecule has 2 N–H and O–H groups in total. The van der Waals surface area contributed by atoms with Crippen molar-refractivity contribution in [3.8, 4) is 0 Å². The Morgan fingerprint density at radius 3 is 2.93 bits per heavy atom. The molecule has 0 atom stereocenters. The van der Waals surface area contributed by atoms with Crippen LogP contribution in [-0.4, -0.2) is 16.2 Å². The second-order valence-electron chi connectivity index (χ2n) is 2.66. The minimum absolute atomic E-state index is 0.156. The molecule has 7 heteroatoms. The molecule has 0 aliphatic heterocycles. The summed E-state index contributed by atoms with van der Waals surface area (Å²) in [6.45, 7) is 0. The Morgan fingerprint density at radius 1 is 1.60 bits per heavy atom. The van der Waals surface area contributed by atoms with Gasteiger partial charge in [-0.3, -0.25) is 5.32 Å². The maximum atomic E-state index is 13.3. The Labute approximate surface area is 95.9 Å². The van der Waals surface area contributed by atoms with Crippen LogP contribution < -0.4 is 5.32 Å². The van der Waals surface area contributed by atoms with E-state index in [1.54, 1.807) is 0 Å². The first kappa shape index (κ1) is 10.3. The summed E-state index contributed by atoms with van der Waals surface area (Å²) < 4.78 is 14.3. The lowest BCUT2D eigenvalue weighted by Gasteiger charge is -1.91. The van der Waals surface area contributed by atoms with Crippen LogP contribution in [0, 0.1) is 5.82 Å². The van der Waals surface area contributed by atoms with Gasteiger partial charge in [0.05, 0.1) is 4.70 Å². The van der Waals surface area contributed by atoms with E-state index in [1.165, 1.54) is 12.1 Å². The fraction of sp³-hybridized carbons (Fsp3) is 0. The van der Waals surface area contributed by atoms with Crippen LogP contribution in [0.3, 0.4) is 0 Å². The van der Waals surface area contributed by atoms with Crippen molar-refractivity contribution in [2.75, 3.05) is 5.32 Å². The average Bonchev–Trinajstić information content (AvgIpc) is 2.55. The highest BCUT2D eigenvalue weighted by atomic mass is 79.9. The average molecular weight is 291 g/mol. The van der Waals surface area contributed by atoms with Gasteiger partial charge < -0.3 is 5.11 Å². The summed E-state index contributed by atoms with van der Waals surface area (Å²) >= 11 is 4.17. The molecule has 2 aromatic rings. The normalized spacial score (nSPS) is 10.5. The van der Waals surface area contributed by atoms with E-state index < -0.39 is 11.9 Å². The highest BCUT2D eigenvalue weighted by Crippen LogP contribution is 2.32. The van der Waals surface area contributed by atoms with Crippen LogP contribution in [0.15, 0.2) is 16.6 Å². The molecule has 0 aliphatic carbocycles. The largest absolute Gasteiger partial charge is 0.465 e. The lowest BCUT2D eigenvalue weighted by atomic mass is 10.3. The van der Waals surface area contributed by atoms with Gasteiger partial charge in [-0.15, -0.1) is 0 Å². The molecule has 2 rings (SSSR count). The number of carboxylic acid groups (broad SMARTS) is 1. The van der Waals surface area contributed by atoms with Gasteiger partial charge in [0, 0.05) is 4.47 Å². The zero-order valence-electron chi connectivity index (χ0n) is 7.12. The van der Waals surface area contributed by atoms with Gasteiger partial charge in [-0.25, -0.2) is 14.2 Å². The van der Waals surface area contributed by atoms with Gasteiger partial charge in [0.1, 0.15) is 11.3 Å². The molecule has 4 nitrogen and oxygen atoms in total. The van der Waals surface area contributed by atoms with E-state index in [0.29, 0.717) is 14.7 Å². The maximum Gasteiger partial charge on any atom is 0.410 e. The number of nitrogens with zero attached hydrogens (tertiary/aromatic N) is 1. The van der Waals surface area contributed by atoms with E-state index in [4.69, 9.17) is 5.11 Å². The van der Waals surface area contributed by atoms with Gasteiger partial charge in [-0.1, -0.05) is 11.3 Å². The number of hydrogen-bond donors (Lipinski definition) is 2. The quantitative estimate of drug-likeness (QED) is 0.847. The summed E-state index contributed by atoms with van der Waals surface area (Å²) in [7, 11) is 0. The molecule has 1 aromatic heterocycles. The number of benzene rings is 1. The molecule has 78 valence electrons. The predicted molar refractivity (Wildman–Crippen MR) is 58.9 cm³/mol. The van der Waals surface area contributed by atoms with Crippen LogP contribution >= 0.6 is 27.3 Å². The van der Waals surface area contributed by atoms with Crippen LogP contribution in [0.1, 0.15) is 0 Å². The number of aromatic nitrogens is 1. The van der Waals surface area contributed by atoms with Crippen LogP contribution in [0.5, 0.6) is 0 Å². The number of halogens is 2. The van der Waals surface area contributed by atoms with E-state index in [-0.39, 0.29) is 5.13 Å². The second-order valence-corrected chi connectivity index (χ2v) is 4.51. The van der Waals surface area contributed by atoms with E-state index in [2.05, 4.69) is 26.2 Å². The van der Waals surface area contributed by atoms with Crippen molar-refractivity contribution in [1.29, 1.82) is 0 Å². The Kier molecular flexibility index (Phi) is 2.57. The first-order valence-corrected chi connectivity index (χ1v) is 5.43. The molecule has 0 fully saturated rings. The highest BCUT2D eigenvalue weighted by Gasteiger charge is 2.12. The SMILES string of the molecule is O=C(O)Nc1nc2c(Br)ccc(F)c2s1. The summed E-state index contributed by atoms with van der Waals surface area (Å²) in [4.78, 5) is 14.3. The fourth-order valence-corrected chi connectivity index (χ4v) is 2.53. The zero-order valence-corrected chi connectivity index (χ0v) is 9.52. The fourth-order valence-electron chi connectivity index (χ4n) is 1.09. The molecule has 1 amide bonds. The van der Waals surface area contributed by atoms with Crippen LogP contribution in [-0.2, 0) is 0 Å². The minimum Gasteiger partial charge on any atom is -0.465 e.